The van der Waals surface area contributed by atoms with E-state index in [1.54, 1.807) is 6.20 Å². The van der Waals surface area contributed by atoms with Crippen molar-refractivity contribution in [3.63, 3.8) is 0 Å². The average molecular weight is 291 g/mol. The van der Waals surface area contributed by atoms with E-state index in [2.05, 4.69) is 40.7 Å². The molecule has 5 heteroatoms. The Morgan fingerprint density at radius 2 is 2.29 bits per heavy atom. The molecule has 1 aromatic rings. The zero-order chi connectivity index (χ0) is 15.3. The summed E-state index contributed by atoms with van der Waals surface area (Å²) >= 11 is 0. The van der Waals surface area contributed by atoms with Crippen LogP contribution in [0.5, 0.6) is 0 Å². The van der Waals surface area contributed by atoms with Gasteiger partial charge in [-0.05, 0) is 26.2 Å². The van der Waals surface area contributed by atoms with Crippen molar-refractivity contribution in [1.29, 1.82) is 0 Å². The van der Waals surface area contributed by atoms with Crippen LogP contribution in [0.2, 0.25) is 0 Å². The van der Waals surface area contributed by atoms with Crippen molar-refractivity contribution in [3.05, 3.63) is 31.4 Å². The highest BCUT2D eigenvalue weighted by Crippen LogP contribution is 2.01. The van der Waals surface area contributed by atoms with Crippen LogP contribution in [0.25, 0.3) is 0 Å². The molecular formula is C16H29N5. The summed E-state index contributed by atoms with van der Waals surface area (Å²) in [5.41, 5.74) is 0. The Balaban J connectivity index is 2.33. The molecule has 118 valence electrons. The monoisotopic (exact) mass is 291 g/mol. The van der Waals surface area contributed by atoms with Crippen LogP contribution in [-0.4, -0.2) is 47.1 Å². The number of nitrogens with one attached hydrogen (secondary N) is 1. The largest absolute Gasteiger partial charge is 0.357 e. The molecule has 1 aromatic heterocycles. The van der Waals surface area contributed by atoms with Gasteiger partial charge in [0.2, 0.25) is 0 Å². The zero-order valence-electron chi connectivity index (χ0n) is 13.5. The fourth-order valence-corrected chi connectivity index (χ4v) is 2.08. The number of unbranched alkanes of at least 4 members (excludes halogenated alkanes) is 3. The first kappa shape index (κ1) is 17.3. The van der Waals surface area contributed by atoms with E-state index in [1.165, 1.54) is 19.3 Å². The van der Waals surface area contributed by atoms with Crippen LogP contribution in [0, 0.1) is 0 Å². The van der Waals surface area contributed by atoms with Crippen LogP contribution in [-0.2, 0) is 6.54 Å². The van der Waals surface area contributed by atoms with Crippen LogP contribution < -0.4 is 5.32 Å². The molecule has 0 atom stereocenters. The number of aliphatic imine (C=N–C) groups is 1. The molecule has 0 aliphatic rings. The first-order valence-electron chi connectivity index (χ1n) is 7.84. The molecule has 0 aromatic carbocycles. The SMILES string of the molecule is C=CCCCCCN(C)C(=NCCn1ccnc1)NCC. The summed E-state index contributed by atoms with van der Waals surface area (Å²) in [6, 6.07) is 0. The Bertz CT molecular complexity index is 397. The van der Waals surface area contributed by atoms with E-state index in [0.29, 0.717) is 0 Å². The third-order valence-electron chi connectivity index (χ3n) is 3.28. The molecule has 0 bridgehead atoms. The second kappa shape index (κ2) is 10.9. The quantitative estimate of drug-likeness (QED) is 0.312. The van der Waals surface area contributed by atoms with Crippen molar-refractivity contribution >= 4 is 5.96 Å². The van der Waals surface area contributed by atoms with Crippen molar-refractivity contribution in [2.75, 3.05) is 26.7 Å². The highest BCUT2D eigenvalue weighted by Gasteiger charge is 2.04. The molecule has 0 saturated heterocycles. The molecular weight excluding hydrogens is 262 g/mol. The molecule has 0 aliphatic carbocycles. The van der Waals surface area contributed by atoms with Crippen molar-refractivity contribution in [1.82, 2.24) is 19.8 Å². The second-order valence-electron chi connectivity index (χ2n) is 5.10. The summed E-state index contributed by atoms with van der Waals surface area (Å²) in [4.78, 5) is 10.9. The number of rotatable bonds is 10. The topological polar surface area (TPSA) is 45.5 Å². The second-order valence-corrected chi connectivity index (χ2v) is 5.10. The summed E-state index contributed by atoms with van der Waals surface area (Å²) < 4.78 is 2.04. The lowest BCUT2D eigenvalue weighted by atomic mass is 10.2. The fourth-order valence-electron chi connectivity index (χ4n) is 2.08. The predicted molar refractivity (Wildman–Crippen MR) is 89.5 cm³/mol. The first-order chi connectivity index (χ1) is 10.3. The molecule has 21 heavy (non-hydrogen) atoms. The highest BCUT2D eigenvalue weighted by molar-refractivity contribution is 5.79. The number of hydrogen-bond donors (Lipinski definition) is 1. The standard InChI is InChI=1S/C16H29N5/c1-4-6-7-8-9-12-20(3)16(18-5-2)19-11-14-21-13-10-17-15-21/h4,10,13,15H,1,5-9,11-12,14H2,2-3H3,(H,18,19). The Labute approximate surface area is 128 Å². The number of imidazole rings is 1. The van der Waals surface area contributed by atoms with E-state index >= 15 is 0 Å². The van der Waals surface area contributed by atoms with E-state index in [1.807, 2.05) is 23.2 Å². The van der Waals surface area contributed by atoms with Gasteiger partial charge in [-0.3, -0.25) is 4.99 Å². The summed E-state index contributed by atoms with van der Waals surface area (Å²) in [5.74, 6) is 0.987. The molecule has 0 saturated carbocycles. The van der Waals surface area contributed by atoms with Crippen molar-refractivity contribution in [2.45, 2.75) is 39.2 Å². The summed E-state index contributed by atoms with van der Waals surface area (Å²) in [6.07, 6.45) is 12.3. The smallest absolute Gasteiger partial charge is 0.193 e. The minimum absolute atomic E-state index is 0.763. The van der Waals surface area contributed by atoms with Gasteiger partial charge in [-0.1, -0.05) is 12.5 Å². The minimum atomic E-state index is 0.763. The molecule has 1 rings (SSSR count). The van der Waals surface area contributed by atoms with Gasteiger partial charge in [0.15, 0.2) is 5.96 Å². The molecule has 0 fully saturated rings. The highest BCUT2D eigenvalue weighted by atomic mass is 15.3. The maximum absolute atomic E-state index is 4.67. The van der Waals surface area contributed by atoms with Gasteiger partial charge >= 0.3 is 0 Å². The van der Waals surface area contributed by atoms with Gasteiger partial charge < -0.3 is 14.8 Å². The van der Waals surface area contributed by atoms with E-state index < -0.39 is 0 Å². The van der Waals surface area contributed by atoms with Crippen molar-refractivity contribution in [2.24, 2.45) is 4.99 Å². The zero-order valence-corrected chi connectivity index (χ0v) is 13.5. The number of aromatic nitrogens is 2. The molecule has 0 spiro atoms. The molecule has 0 aliphatic heterocycles. The molecule has 1 heterocycles. The maximum Gasteiger partial charge on any atom is 0.193 e. The number of hydrogen-bond acceptors (Lipinski definition) is 2. The molecule has 5 nitrogen and oxygen atoms in total. The van der Waals surface area contributed by atoms with Crippen LogP contribution >= 0.6 is 0 Å². The third kappa shape index (κ3) is 7.54. The van der Waals surface area contributed by atoms with Gasteiger partial charge in [0.25, 0.3) is 0 Å². The molecule has 0 amide bonds. The van der Waals surface area contributed by atoms with Crippen molar-refractivity contribution in [3.8, 4) is 0 Å². The van der Waals surface area contributed by atoms with Crippen LogP contribution in [0.4, 0.5) is 0 Å². The van der Waals surface area contributed by atoms with Gasteiger partial charge in [0.05, 0.1) is 12.9 Å². The van der Waals surface area contributed by atoms with E-state index in [9.17, 15) is 0 Å². The summed E-state index contributed by atoms with van der Waals surface area (Å²) in [7, 11) is 2.10. The van der Waals surface area contributed by atoms with Crippen LogP contribution in [0.3, 0.4) is 0 Å². The molecule has 1 N–H and O–H groups in total. The van der Waals surface area contributed by atoms with Gasteiger partial charge in [0.1, 0.15) is 0 Å². The Morgan fingerprint density at radius 3 is 2.95 bits per heavy atom. The molecule has 0 unspecified atom stereocenters. The summed E-state index contributed by atoms with van der Waals surface area (Å²) in [5, 5.41) is 3.35. The number of nitrogens with zero attached hydrogens (tertiary/aromatic N) is 4. The Kier molecular flexibility index (Phi) is 9.00. The average Bonchev–Trinajstić information content (AvgIpc) is 2.99. The van der Waals surface area contributed by atoms with Gasteiger partial charge in [-0.2, -0.15) is 0 Å². The van der Waals surface area contributed by atoms with Gasteiger partial charge in [0, 0.05) is 39.1 Å². The maximum atomic E-state index is 4.67. The third-order valence-corrected chi connectivity index (χ3v) is 3.28. The number of guanidine groups is 1. The minimum Gasteiger partial charge on any atom is -0.357 e. The lowest BCUT2D eigenvalue weighted by molar-refractivity contribution is 0.454. The lowest BCUT2D eigenvalue weighted by Gasteiger charge is -2.22. The lowest BCUT2D eigenvalue weighted by Crippen LogP contribution is -2.39. The fraction of sp³-hybridized carbons (Fsp3) is 0.625. The van der Waals surface area contributed by atoms with Gasteiger partial charge in [-0.25, -0.2) is 4.98 Å². The first-order valence-corrected chi connectivity index (χ1v) is 7.84. The Morgan fingerprint density at radius 1 is 1.43 bits per heavy atom. The van der Waals surface area contributed by atoms with E-state index in [-0.39, 0.29) is 0 Å². The van der Waals surface area contributed by atoms with Crippen molar-refractivity contribution < 1.29 is 0 Å². The Hall–Kier alpha value is -1.78. The summed E-state index contributed by atoms with van der Waals surface area (Å²) in [6.45, 7) is 9.41. The van der Waals surface area contributed by atoms with E-state index in [0.717, 1.165) is 38.6 Å². The van der Waals surface area contributed by atoms with Crippen LogP contribution in [0.1, 0.15) is 32.6 Å². The molecule has 0 radical (unpaired) electrons. The van der Waals surface area contributed by atoms with E-state index in [4.69, 9.17) is 0 Å². The normalized spacial score (nSPS) is 11.4. The predicted octanol–water partition coefficient (Wildman–Crippen LogP) is 2.53. The van der Waals surface area contributed by atoms with Gasteiger partial charge in [-0.15, -0.1) is 6.58 Å². The van der Waals surface area contributed by atoms with Crippen LogP contribution in [0.15, 0.2) is 36.4 Å². The number of allylic oxidation sites excluding steroid dienone is 1.